The molecule has 0 spiro atoms. The van der Waals surface area contributed by atoms with E-state index in [4.69, 9.17) is 4.74 Å². The second-order valence-electron chi connectivity index (χ2n) is 4.83. The zero-order valence-corrected chi connectivity index (χ0v) is 12.0. The van der Waals surface area contributed by atoms with Crippen LogP contribution in [-0.2, 0) is 4.74 Å². The molecule has 0 aliphatic heterocycles. The van der Waals surface area contributed by atoms with Gasteiger partial charge in [0.05, 0.1) is 17.8 Å². The first-order chi connectivity index (χ1) is 10.2. The molecule has 0 saturated carbocycles. The van der Waals surface area contributed by atoms with Gasteiger partial charge in [-0.2, -0.15) is 5.10 Å². The summed E-state index contributed by atoms with van der Waals surface area (Å²) in [6, 6.07) is 15.5. The summed E-state index contributed by atoms with van der Waals surface area (Å²) in [5, 5.41) is 5.33. The molecule has 0 aliphatic rings. The van der Waals surface area contributed by atoms with Gasteiger partial charge < -0.3 is 4.74 Å². The van der Waals surface area contributed by atoms with Crippen molar-refractivity contribution >= 4 is 16.9 Å². The van der Waals surface area contributed by atoms with Gasteiger partial charge in [-0.15, -0.1) is 0 Å². The molecular weight excluding hydrogens is 264 g/mol. The van der Waals surface area contributed by atoms with Gasteiger partial charge >= 0.3 is 5.97 Å². The lowest BCUT2D eigenvalue weighted by Crippen LogP contribution is -2.12. The Labute approximate surface area is 123 Å². The Morgan fingerprint density at radius 2 is 1.86 bits per heavy atom. The first-order valence-corrected chi connectivity index (χ1v) is 6.92. The van der Waals surface area contributed by atoms with E-state index in [1.165, 1.54) is 0 Å². The number of hydrogen-bond donors (Lipinski definition) is 0. The monoisotopic (exact) mass is 280 g/mol. The summed E-state index contributed by atoms with van der Waals surface area (Å²) in [7, 11) is 0. The predicted molar refractivity (Wildman–Crippen MR) is 81.8 cm³/mol. The second kappa shape index (κ2) is 5.40. The van der Waals surface area contributed by atoms with Crippen molar-refractivity contribution in [1.29, 1.82) is 0 Å². The number of rotatable bonds is 3. The highest BCUT2D eigenvalue weighted by Crippen LogP contribution is 2.22. The largest absolute Gasteiger partial charge is 0.461 e. The summed E-state index contributed by atoms with van der Waals surface area (Å²) in [5.74, 6) is -0.355. The molecule has 2 aromatic carbocycles. The number of aryl methyl sites for hydroxylation is 1. The number of aromatic nitrogens is 2. The summed E-state index contributed by atoms with van der Waals surface area (Å²) < 4.78 is 6.84. The van der Waals surface area contributed by atoms with Crippen LogP contribution in [0.3, 0.4) is 0 Å². The van der Waals surface area contributed by atoms with Gasteiger partial charge in [0, 0.05) is 5.39 Å². The van der Waals surface area contributed by atoms with Crippen molar-refractivity contribution in [1.82, 2.24) is 9.78 Å². The fourth-order valence-corrected chi connectivity index (χ4v) is 2.30. The van der Waals surface area contributed by atoms with Gasteiger partial charge in [-0.1, -0.05) is 35.9 Å². The summed E-state index contributed by atoms with van der Waals surface area (Å²) in [5.41, 5.74) is 3.26. The van der Waals surface area contributed by atoms with Crippen LogP contribution in [0.2, 0.25) is 0 Å². The SMILES string of the molecule is CCOC(=O)c1c2ccccc2nn1-c1ccc(C)cc1. The molecule has 0 aliphatic carbocycles. The van der Waals surface area contributed by atoms with Crippen LogP contribution < -0.4 is 0 Å². The lowest BCUT2D eigenvalue weighted by molar-refractivity contribution is 0.0518. The summed E-state index contributed by atoms with van der Waals surface area (Å²) >= 11 is 0. The quantitative estimate of drug-likeness (QED) is 0.690. The van der Waals surface area contributed by atoms with Crippen molar-refractivity contribution in [3.05, 3.63) is 59.8 Å². The van der Waals surface area contributed by atoms with E-state index in [2.05, 4.69) is 5.10 Å². The Morgan fingerprint density at radius 1 is 1.14 bits per heavy atom. The number of ether oxygens (including phenoxy) is 1. The average molecular weight is 280 g/mol. The number of esters is 1. The third kappa shape index (κ3) is 2.40. The van der Waals surface area contributed by atoms with E-state index in [0.717, 1.165) is 22.2 Å². The Morgan fingerprint density at radius 3 is 2.57 bits per heavy atom. The van der Waals surface area contributed by atoms with E-state index >= 15 is 0 Å². The fourth-order valence-electron chi connectivity index (χ4n) is 2.30. The van der Waals surface area contributed by atoms with Gasteiger partial charge in [0.1, 0.15) is 0 Å². The molecule has 0 radical (unpaired) electrons. The van der Waals surface area contributed by atoms with E-state index < -0.39 is 0 Å². The minimum absolute atomic E-state index is 0.340. The molecule has 21 heavy (non-hydrogen) atoms. The van der Waals surface area contributed by atoms with Crippen molar-refractivity contribution in [2.45, 2.75) is 13.8 Å². The Balaban J connectivity index is 2.23. The standard InChI is InChI=1S/C17H16N2O2/c1-3-21-17(20)16-14-6-4-5-7-15(14)18-19(16)13-10-8-12(2)9-11-13/h4-11H,3H2,1-2H3. The van der Waals surface area contributed by atoms with Crippen molar-refractivity contribution in [2.75, 3.05) is 6.61 Å². The molecular formula is C17H16N2O2. The van der Waals surface area contributed by atoms with Crippen LogP contribution in [0.1, 0.15) is 23.0 Å². The maximum atomic E-state index is 12.3. The average Bonchev–Trinajstić information content (AvgIpc) is 2.87. The van der Waals surface area contributed by atoms with E-state index in [1.54, 1.807) is 11.6 Å². The number of hydrogen-bond acceptors (Lipinski definition) is 3. The van der Waals surface area contributed by atoms with Crippen LogP contribution in [-0.4, -0.2) is 22.4 Å². The zero-order chi connectivity index (χ0) is 14.8. The molecule has 4 nitrogen and oxygen atoms in total. The van der Waals surface area contributed by atoms with Crippen molar-refractivity contribution in [3.63, 3.8) is 0 Å². The molecule has 0 unspecified atom stereocenters. The van der Waals surface area contributed by atoms with Crippen molar-refractivity contribution in [3.8, 4) is 5.69 Å². The van der Waals surface area contributed by atoms with Crippen LogP contribution in [0.25, 0.3) is 16.6 Å². The molecule has 0 atom stereocenters. The molecule has 0 bridgehead atoms. The topological polar surface area (TPSA) is 44.1 Å². The lowest BCUT2D eigenvalue weighted by Gasteiger charge is -2.07. The van der Waals surface area contributed by atoms with Crippen LogP contribution in [0, 0.1) is 6.92 Å². The third-order valence-electron chi connectivity index (χ3n) is 3.33. The summed E-state index contributed by atoms with van der Waals surface area (Å²) in [4.78, 5) is 12.3. The molecule has 3 aromatic rings. The molecule has 0 fully saturated rings. The Kier molecular flexibility index (Phi) is 3.44. The normalized spacial score (nSPS) is 10.8. The van der Waals surface area contributed by atoms with Crippen LogP contribution in [0.15, 0.2) is 48.5 Å². The third-order valence-corrected chi connectivity index (χ3v) is 3.33. The molecule has 1 aromatic heterocycles. The maximum absolute atomic E-state index is 12.3. The first-order valence-electron chi connectivity index (χ1n) is 6.92. The molecule has 0 N–H and O–H groups in total. The first kappa shape index (κ1) is 13.4. The fraction of sp³-hybridized carbons (Fsp3) is 0.176. The predicted octanol–water partition coefficient (Wildman–Crippen LogP) is 3.51. The number of benzene rings is 2. The highest BCUT2D eigenvalue weighted by atomic mass is 16.5. The van der Waals surface area contributed by atoms with E-state index in [9.17, 15) is 4.79 Å². The van der Waals surface area contributed by atoms with Gasteiger partial charge in [0.25, 0.3) is 0 Å². The smallest absolute Gasteiger partial charge is 0.357 e. The van der Waals surface area contributed by atoms with Crippen LogP contribution in [0.4, 0.5) is 0 Å². The highest BCUT2D eigenvalue weighted by Gasteiger charge is 2.20. The van der Waals surface area contributed by atoms with Crippen LogP contribution in [0.5, 0.6) is 0 Å². The minimum atomic E-state index is -0.355. The Hall–Kier alpha value is -2.62. The molecule has 1 heterocycles. The van der Waals surface area contributed by atoms with Crippen LogP contribution >= 0.6 is 0 Å². The van der Waals surface area contributed by atoms with Gasteiger partial charge in [0.2, 0.25) is 0 Å². The number of carbonyl (C=O) groups excluding carboxylic acids is 1. The van der Waals surface area contributed by atoms with E-state index in [1.807, 2.05) is 55.5 Å². The molecule has 106 valence electrons. The van der Waals surface area contributed by atoms with E-state index in [-0.39, 0.29) is 5.97 Å². The molecule has 4 heteroatoms. The van der Waals surface area contributed by atoms with Crippen molar-refractivity contribution in [2.24, 2.45) is 0 Å². The molecule has 3 rings (SSSR count). The second-order valence-corrected chi connectivity index (χ2v) is 4.83. The summed E-state index contributed by atoms with van der Waals surface area (Å²) in [6.45, 7) is 4.16. The minimum Gasteiger partial charge on any atom is -0.461 e. The van der Waals surface area contributed by atoms with Crippen molar-refractivity contribution < 1.29 is 9.53 Å². The maximum Gasteiger partial charge on any atom is 0.357 e. The van der Waals surface area contributed by atoms with Gasteiger partial charge in [-0.3, -0.25) is 0 Å². The zero-order valence-electron chi connectivity index (χ0n) is 12.0. The van der Waals surface area contributed by atoms with Gasteiger partial charge in [0.15, 0.2) is 5.69 Å². The number of fused-ring (bicyclic) bond motifs is 1. The van der Waals surface area contributed by atoms with Gasteiger partial charge in [-0.25, -0.2) is 9.48 Å². The summed E-state index contributed by atoms with van der Waals surface area (Å²) in [6.07, 6.45) is 0. The number of nitrogens with zero attached hydrogens (tertiary/aromatic N) is 2. The lowest BCUT2D eigenvalue weighted by atomic mass is 10.2. The van der Waals surface area contributed by atoms with E-state index in [0.29, 0.717) is 12.3 Å². The highest BCUT2D eigenvalue weighted by molar-refractivity contribution is 6.02. The Bertz CT molecular complexity index is 788. The molecule has 0 amide bonds. The van der Waals surface area contributed by atoms with Gasteiger partial charge in [-0.05, 0) is 32.0 Å². The number of carbonyl (C=O) groups is 1. The molecule has 0 saturated heterocycles.